The van der Waals surface area contributed by atoms with Crippen molar-refractivity contribution >= 4 is 11.6 Å². The van der Waals surface area contributed by atoms with Crippen molar-refractivity contribution in [2.24, 2.45) is 0 Å². The van der Waals surface area contributed by atoms with Crippen LogP contribution in [0.25, 0.3) is 0 Å². The number of amides is 1. The molecule has 5 nitrogen and oxygen atoms in total. The van der Waals surface area contributed by atoms with Crippen LogP contribution in [0.1, 0.15) is 10.4 Å². The molecule has 2 aromatic rings. The first kappa shape index (κ1) is 11.8. The Hall–Kier alpha value is -2.63. The zero-order chi connectivity index (χ0) is 13.1. The summed E-state index contributed by atoms with van der Waals surface area (Å²) < 4.78 is 12.9. The number of carbonyl (C=O) groups excluding carboxylic acids is 1. The first-order valence-electron chi connectivity index (χ1n) is 5.05. The van der Waals surface area contributed by atoms with Crippen molar-refractivity contribution in [3.05, 3.63) is 58.1 Å². The summed E-state index contributed by atoms with van der Waals surface area (Å²) in [5.41, 5.74) is -0.348. The van der Waals surface area contributed by atoms with Gasteiger partial charge in [-0.3, -0.25) is 14.6 Å². The molecule has 92 valence electrons. The van der Waals surface area contributed by atoms with E-state index in [2.05, 4.69) is 10.3 Å². The summed E-state index contributed by atoms with van der Waals surface area (Å²) in [6.45, 7) is 0. The van der Waals surface area contributed by atoms with Crippen LogP contribution in [0.5, 0.6) is 5.88 Å². The molecule has 0 saturated carbocycles. The summed E-state index contributed by atoms with van der Waals surface area (Å²) in [7, 11) is 0. The van der Waals surface area contributed by atoms with E-state index < -0.39 is 23.2 Å². The van der Waals surface area contributed by atoms with Gasteiger partial charge in [-0.05, 0) is 18.2 Å². The van der Waals surface area contributed by atoms with Gasteiger partial charge >= 0.3 is 0 Å². The molecule has 0 aliphatic carbocycles. The summed E-state index contributed by atoms with van der Waals surface area (Å²) in [6.07, 6.45) is 0. The number of anilines is 1. The summed E-state index contributed by atoms with van der Waals surface area (Å²) >= 11 is 0. The quantitative estimate of drug-likeness (QED) is 0.752. The Morgan fingerprint density at radius 1 is 1.28 bits per heavy atom. The lowest BCUT2D eigenvalue weighted by Gasteiger charge is -2.05. The molecule has 1 amide bonds. The van der Waals surface area contributed by atoms with Crippen LogP contribution in [0, 0.1) is 5.82 Å². The van der Waals surface area contributed by atoms with Gasteiger partial charge in [0, 0.05) is 17.8 Å². The maximum absolute atomic E-state index is 12.9. The highest BCUT2D eigenvalue weighted by atomic mass is 19.1. The molecule has 0 aliphatic rings. The second kappa shape index (κ2) is 4.70. The van der Waals surface area contributed by atoms with E-state index in [0.717, 1.165) is 18.2 Å². The molecule has 6 heteroatoms. The Labute approximate surface area is 101 Å². The molecule has 1 aromatic heterocycles. The molecule has 0 aliphatic heterocycles. The highest BCUT2D eigenvalue weighted by molar-refractivity contribution is 6.04. The zero-order valence-corrected chi connectivity index (χ0v) is 9.11. The summed E-state index contributed by atoms with van der Waals surface area (Å²) in [5.74, 6) is -1.50. The number of carbonyl (C=O) groups is 1. The van der Waals surface area contributed by atoms with Gasteiger partial charge in [0.15, 0.2) is 5.88 Å². The van der Waals surface area contributed by atoms with Crippen LogP contribution < -0.4 is 10.9 Å². The third kappa shape index (κ3) is 2.73. The molecule has 1 aromatic carbocycles. The monoisotopic (exact) mass is 248 g/mol. The zero-order valence-electron chi connectivity index (χ0n) is 9.11. The maximum Gasteiger partial charge on any atom is 0.256 e. The van der Waals surface area contributed by atoms with Crippen LogP contribution >= 0.6 is 0 Å². The van der Waals surface area contributed by atoms with Gasteiger partial charge < -0.3 is 10.4 Å². The minimum Gasteiger partial charge on any atom is -0.494 e. The number of aromatic nitrogens is 1. The minimum atomic E-state index is -0.609. The van der Waals surface area contributed by atoms with Crippen molar-refractivity contribution in [2.75, 3.05) is 5.32 Å². The van der Waals surface area contributed by atoms with E-state index in [4.69, 9.17) is 5.11 Å². The van der Waals surface area contributed by atoms with E-state index in [9.17, 15) is 14.0 Å². The summed E-state index contributed by atoms with van der Waals surface area (Å²) in [5, 5.41) is 11.6. The molecule has 0 bridgehead atoms. The van der Waals surface area contributed by atoms with Crippen LogP contribution in [0.3, 0.4) is 0 Å². The molecule has 0 saturated heterocycles. The van der Waals surface area contributed by atoms with E-state index in [1.165, 1.54) is 18.2 Å². The fraction of sp³-hybridized carbons (Fsp3) is 0. The van der Waals surface area contributed by atoms with Crippen LogP contribution in [0.15, 0.2) is 41.2 Å². The topological polar surface area (TPSA) is 82.2 Å². The minimum absolute atomic E-state index is 0.0134. The number of H-pyrrole nitrogens is 1. The first-order valence-corrected chi connectivity index (χ1v) is 5.05. The number of rotatable bonds is 2. The first-order chi connectivity index (χ1) is 8.54. The average molecular weight is 248 g/mol. The van der Waals surface area contributed by atoms with Gasteiger partial charge in [0.25, 0.3) is 11.5 Å². The molecule has 0 fully saturated rings. The predicted octanol–water partition coefficient (Wildman–Crippen LogP) is 1.47. The summed E-state index contributed by atoms with van der Waals surface area (Å²) in [6, 6.07) is 7.48. The number of hydrogen-bond donors (Lipinski definition) is 3. The van der Waals surface area contributed by atoms with E-state index in [1.807, 2.05) is 0 Å². The molecule has 0 spiro atoms. The lowest BCUT2D eigenvalue weighted by molar-refractivity contribution is 0.102. The van der Waals surface area contributed by atoms with E-state index in [-0.39, 0.29) is 11.3 Å². The van der Waals surface area contributed by atoms with Gasteiger partial charge in [-0.15, -0.1) is 0 Å². The van der Waals surface area contributed by atoms with Gasteiger partial charge in [0.05, 0.1) is 5.56 Å². The maximum atomic E-state index is 12.9. The molecular formula is C12H9FN2O3. The second-order valence-corrected chi connectivity index (χ2v) is 3.58. The van der Waals surface area contributed by atoms with Crippen molar-refractivity contribution in [3.63, 3.8) is 0 Å². The fourth-order valence-electron chi connectivity index (χ4n) is 1.43. The molecule has 18 heavy (non-hydrogen) atoms. The molecule has 0 radical (unpaired) electrons. The van der Waals surface area contributed by atoms with E-state index in [0.29, 0.717) is 0 Å². The lowest BCUT2D eigenvalue weighted by Crippen LogP contribution is -2.15. The predicted molar refractivity (Wildman–Crippen MR) is 63.1 cm³/mol. The van der Waals surface area contributed by atoms with Gasteiger partial charge in [-0.25, -0.2) is 4.39 Å². The molecule has 0 atom stereocenters. The number of nitrogens with one attached hydrogen (secondary N) is 2. The van der Waals surface area contributed by atoms with E-state index in [1.54, 1.807) is 0 Å². The van der Waals surface area contributed by atoms with Crippen LogP contribution in [-0.4, -0.2) is 16.0 Å². The van der Waals surface area contributed by atoms with E-state index >= 15 is 0 Å². The Morgan fingerprint density at radius 2 is 2.06 bits per heavy atom. The van der Waals surface area contributed by atoms with Crippen LogP contribution in [-0.2, 0) is 0 Å². The third-order valence-corrected chi connectivity index (χ3v) is 2.17. The molecule has 0 unspecified atom stereocenters. The van der Waals surface area contributed by atoms with Crippen molar-refractivity contribution < 1.29 is 14.3 Å². The largest absolute Gasteiger partial charge is 0.494 e. The number of aromatic amines is 1. The standard InChI is InChI=1S/C12H9FN2O3/c13-8-2-1-3-9(6-8)14-12(18)7-4-10(16)15-11(17)5-7/h1-6H,(H,14,18)(H2,15,16,17). The van der Waals surface area contributed by atoms with Crippen LogP contribution in [0.2, 0.25) is 0 Å². The van der Waals surface area contributed by atoms with Crippen molar-refractivity contribution in [3.8, 4) is 5.88 Å². The average Bonchev–Trinajstić information content (AvgIpc) is 2.27. The molecule has 3 N–H and O–H groups in total. The van der Waals surface area contributed by atoms with Gasteiger partial charge in [0.1, 0.15) is 5.82 Å². The highest BCUT2D eigenvalue weighted by Crippen LogP contribution is 2.11. The van der Waals surface area contributed by atoms with Crippen molar-refractivity contribution in [1.82, 2.24) is 4.98 Å². The SMILES string of the molecule is O=C(Nc1cccc(F)c1)c1cc(O)[nH]c(=O)c1. The Morgan fingerprint density at radius 3 is 2.72 bits per heavy atom. The van der Waals surface area contributed by atoms with Gasteiger partial charge in [0.2, 0.25) is 0 Å². The number of hydrogen-bond acceptors (Lipinski definition) is 3. The van der Waals surface area contributed by atoms with Gasteiger partial charge in [-0.1, -0.05) is 6.07 Å². The van der Waals surface area contributed by atoms with Crippen molar-refractivity contribution in [1.29, 1.82) is 0 Å². The highest BCUT2D eigenvalue weighted by Gasteiger charge is 2.08. The third-order valence-electron chi connectivity index (χ3n) is 2.17. The normalized spacial score (nSPS) is 10.1. The van der Waals surface area contributed by atoms with Gasteiger partial charge in [-0.2, -0.15) is 0 Å². The fourth-order valence-corrected chi connectivity index (χ4v) is 1.43. The van der Waals surface area contributed by atoms with Crippen LogP contribution in [0.4, 0.5) is 10.1 Å². The summed E-state index contributed by atoms with van der Waals surface area (Å²) in [4.78, 5) is 24.9. The molecular weight excluding hydrogens is 239 g/mol. The van der Waals surface area contributed by atoms with Crippen molar-refractivity contribution in [2.45, 2.75) is 0 Å². The number of halogens is 1. The Balaban J connectivity index is 2.24. The molecule has 1 heterocycles. The Kier molecular flexibility index (Phi) is 3.09. The lowest BCUT2D eigenvalue weighted by atomic mass is 10.2. The Bertz CT molecular complexity index is 652. The molecule has 2 rings (SSSR count). The number of benzene rings is 1. The smallest absolute Gasteiger partial charge is 0.256 e. The second-order valence-electron chi connectivity index (χ2n) is 3.58. The number of pyridine rings is 1. The number of aromatic hydroxyl groups is 1.